The SMILES string of the molecule is C.C.C.C.C.C.CCC(C)(CC(C)(CC(C)(C)C(=O)OC1CC(C)(C)OC1=O)C(=O)OC12CC3CC(CC(O)(C3)C1)C2)C(=O)OC12CC3CC(O)(C1)CC(C(=O)OC1CCCCO1)(C3)C2. The first-order chi connectivity index (χ1) is 27.3. The van der Waals surface area contributed by atoms with Crippen molar-refractivity contribution in [3.8, 4) is 0 Å². The van der Waals surface area contributed by atoms with Crippen LogP contribution in [-0.4, -0.2) is 87.1 Å². The molecule has 10 aliphatic rings. The quantitative estimate of drug-likeness (QED) is 0.132. The highest BCUT2D eigenvalue weighted by molar-refractivity contribution is 5.85. The van der Waals surface area contributed by atoms with E-state index in [1.165, 1.54) is 0 Å². The predicted octanol–water partition coefficient (Wildman–Crippen LogP) is 10.4. The molecule has 8 bridgehead atoms. The smallest absolute Gasteiger partial charge is 0.348 e. The number of aliphatic hydroxyl groups is 2. The van der Waals surface area contributed by atoms with E-state index in [-0.39, 0.29) is 107 Å². The Bertz CT molecular complexity index is 1740. The Morgan fingerprint density at radius 1 is 0.662 bits per heavy atom. The summed E-state index contributed by atoms with van der Waals surface area (Å²) in [6.07, 6.45) is 7.48. The minimum Gasteiger partial charge on any atom is -0.459 e. The average Bonchev–Trinajstić information content (AvgIpc) is 3.35. The van der Waals surface area contributed by atoms with E-state index < -0.39 is 91.9 Å². The van der Waals surface area contributed by atoms with Crippen molar-refractivity contribution in [2.24, 2.45) is 39.4 Å². The molecule has 2 aliphatic heterocycles. The monoisotopic (exact) mass is 925 g/mol. The van der Waals surface area contributed by atoms with E-state index in [2.05, 4.69) is 0 Å². The number of ether oxygens (including phenoxy) is 6. The molecule has 0 spiro atoms. The van der Waals surface area contributed by atoms with Crippen LogP contribution in [0.5, 0.6) is 0 Å². The van der Waals surface area contributed by atoms with Gasteiger partial charge in [-0.05, 0) is 149 Å². The predicted molar refractivity (Wildman–Crippen MR) is 250 cm³/mol. The van der Waals surface area contributed by atoms with Crippen molar-refractivity contribution in [3.05, 3.63) is 0 Å². The van der Waals surface area contributed by atoms with Crippen molar-refractivity contribution in [1.82, 2.24) is 0 Å². The van der Waals surface area contributed by atoms with E-state index >= 15 is 4.79 Å². The molecule has 2 N–H and O–H groups in total. The van der Waals surface area contributed by atoms with Crippen molar-refractivity contribution < 1.29 is 62.6 Å². The van der Waals surface area contributed by atoms with Gasteiger partial charge < -0.3 is 38.6 Å². The van der Waals surface area contributed by atoms with Gasteiger partial charge in [0, 0.05) is 32.1 Å². The molecule has 378 valence electrons. The van der Waals surface area contributed by atoms with Gasteiger partial charge in [-0.15, -0.1) is 0 Å². The number of cyclic esters (lactones) is 1. The lowest BCUT2D eigenvalue weighted by atomic mass is 9.46. The van der Waals surface area contributed by atoms with Crippen molar-refractivity contribution in [2.45, 2.75) is 255 Å². The number of esters is 5. The third-order valence-electron chi connectivity index (χ3n) is 15.9. The summed E-state index contributed by atoms with van der Waals surface area (Å²) in [5, 5.41) is 23.5. The molecule has 2 saturated heterocycles. The first-order valence-corrected chi connectivity index (χ1v) is 22.5. The number of rotatable bonds is 13. The number of hydrogen-bond acceptors (Lipinski definition) is 13. The van der Waals surface area contributed by atoms with Crippen LogP contribution in [0.3, 0.4) is 0 Å². The van der Waals surface area contributed by atoms with Crippen LogP contribution in [0.15, 0.2) is 0 Å². The summed E-state index contributed by atoms with van der Waals surface area (Å²) in [6, 6.07) is 0. The molecule has 2 heterocycles. The third-order valence-corrected chi connectivity index (χ3v) is 15.9. The molecule has 13 heteroatoms. The van der Waals surface area contributed by atoms with Crippen LogP contribution < -0.4 is 0 Å². The van der Waals surface area contributed by atoms with E-state index in [9.17, 15) is 29.4 Å². The molecule has 0 amide bonds. The summed E-state index contributed by atoms with van der Waals surface area (Å²) >= 11 is 0. The zero-order valence-corrected chi connectivity index (χ0v) is 36.4. The van der Waals surface area contributed by atoms with Gasteiger partial charge in [-0.2, -0.15) is 0 Å². The molecule has 8 saturated carbocycles. The summed E-state index contributed by atoms with van der Waals surface area (Å²) in [5.41, 5.74) is -9.82. The Labute approximate surface area is 392 Å². The molecule has 10 unspecified atom stereocenters. The van der Waals surface area contributed by atoms with Crippen molar-refractivity contribution in [1.29, 1.82) is 0 Å². The second-order valence-electron chi connectivity index (χ2n) is 23.0. The molecule has 10 fully saturated rings. The first-order valence-electron chi connectivity index (χ1n) is 22.5. The molecule has 0 aromatic carbocycles. The maximum Gasteiger partial charge on any atom is 0.348 e. The van der Waals surface area contributed by atoms with Gasteiger partial charge in [-0.3, -0.25) is 19.2 Å². The Kier molecular flexibility index (Phi) is 17.3. The van der Waals surface area contributed by atoms with Crippen LogP contribution in [0, 0.1) is 39.4 Å². The van der Waals surface area contributed by atoms with Gasteiger partial charge in [0.05, 0.1) is 39.5 Å². The van der Waals surface area contributed by atoms with Crippen LogP contribution in [0.2, 0.25) is 0 Å². The third kappa shape index (κ3) is 11.1. The maximum atomic E-state index is 15.0. The minimum atomic E-state index is -1.43. The molecular formula is C52H92O13. The van der Waals surface area contributed by atoms with Gasteiger partial charge >= 0.3 is 29.8 Å². The Hall–Kier alpha value is -2.77. The Morgan fingerprint density at radius 3 is 1.77 bits per heavy atom. The van der Waals surface area contributed by atoms with Crippen molar-refractivity contribution in [2.75, 3.05) is 6.61 Å². The van der Waals surface area contributed by atoms with E-state index in [1.54, 1.807) is 41.5 Å². The van der Waals surface area contributed by atoms with Gasteiger partial charge in [0.25, 0.3) is 0 Å². The zero-order chi connectivity index (χ0) is 42.7. The van der Waals surface area contributed by atoms with Crippen LogP contribution in [-0.2, 0) is 52.4 Å². The fourth-order valence-corrected chi connectivity index (χ4v) is 14.3. The maximum absolute atomic E-state index is 15.0. The second-order valence-corrected chi connectivity index (χ2v) is 23.0. The molecule has 10 atom stereocenters. The minimum absolute atomic E-state index is 0. The van der Waals surface area contributed by atoms with Crippen LogP contribution in [0.4, 0.5) is 0 Å². The summed E-state index contributed by atoms with van der Waals surface area (Å²) in [6.45, 7) is 12.8. The van der Waals surface area contributed by atoms with Gasteiger partial charge in [0.2, 0.25) is 12.4 Å². The lowest BCUT2D eigenvalue weighted by molar-refractivity contribution is -0.259. The van der Waals surface area contributed by atoms with Gasteiger partial charge in [-0.1, -0.05) is 51.5 Å². The van der Waals surface area contributed by atoms with Crippen LogP contribution >= 0.6 is 0 Å². The Balaban J connectivity index is 0.00000242. The summed E-state index contributed by atoms with van der Waals surface area (Å²) < 4.78 is 36.1. The standard InChI is InChI=1S/C46H68O13.6CH4/c1-8-40(6,35(49)59-46-20-30-14-42(25-46,24-44(53,17-30)27-46)37(51)56-32-11-9-10-12-54-32)23-41(7,22-38(2,3)34(48)55-31-21-39(4,5)57-33(31)47)36(50)58-45-18-28-13-29(19-45)16-43(52,15-28)26-45;;;;;;/h28-32,52-53H,8-27H2,1-7H3;6*1H4. The summed E-state index contributed by atoms with van der Waals surface area (Å²) in [7, 11) is 0. The molecule has 0 radical (unpaired) electrons. The fourth-order valence-electron chi connectivity index (χ4n) is 14.3. The first kappa shape index (κ1) is 58.4. The highest BCUT2D eigenvalue weighted by atomic mass is 16.7. The lowest BCUT2D eigenvalue weighted by Gasteiger charge is -2.63. The second kappa shape index (κ2) is 19.3. The number of carbonyl (C=O) groups is 5. The topological polar surface area (TPSA) is 181 Å². The van der Waals surface area contributed by atoms with E-state index in [0.717, 1.165) is 19.3 Å². The van der Waals surface area contributed by atoms with E-state index in [0.29, 0.717) is 64.4 Å². The summed E-state index contributed by atoms with van der Waals surface area (Å²) in [4.78, 5) is 70.5. The average molecular weight is 925 g/mol. The highest BCUT2D eigenvalue weighted by Crippen LogP contribution is 2.65. The van der Waals surface area contributed by atoms with Crippen molar-refractivity contribution in [3.63, 3.8) is 0 Å². The molecule has 13 nitrogen and oxygen atoms in total. The lowest BCUT2D eigenvalue weighted by Crippen LogP contribution is -2.67. The van der Waals surface area contributed by atoms with Gasteiger partial charge in [0.1, 0.15) is 16.8 Å². The summed E-state index contributed by atoms with van der Waals surface area (Å²) in [5.74, 6) is -2.31. The molecule has 0 aromatic heterocycles. The van der Waals surface area contributed by atoms with Crippen LogP contribution in [0.1, 0.15) is 215 Å². The van der Waals surface area contributed by atoms with Gasteiger partial charge in [0.15, 0.2) is 0 Å². The molecule has 8 aliphatic carbocycles. The van der Waals surface area contributed by atoms with Gasteiger partial charge in [-0.25, -0.2) is 4.79 Å². The number of carbonyl (C=O) groups excluding carboxylic acids is 5. The highest BCUT2D eigenvalue weighted by Gasteiger charge is 2.69. The largest absolute Gasteiger partial charge is 0.459 e. The normalized spacial score (nSPS) is 38.4. The van der Waals surface area contributed by atoms with Crippen LogP contribution in [0.25, 0.3) is 0 Å². The Morgan fingerprint density at radius 2 is 1.23 bits per heavy atom. The molecule has 10 rings (SSSR count). The van der Waals surface area contributed by atoms with E-state index in [1.807, 2.05) is 6.92 Å². The molecule has 0 aromatic rings. The zero-order valence-electron chi connectivity index (χ0n) is 36.4. The van der Waals surface area contributed by atoms with Crippen molar-refractivity contribution >= 4 is 29.8 Å². The number of hydrogen-bond donors (Lipinski definition) is 2. The molecule has 65 heavy (non-hydrogen) atoms. The fraction of sp³-hybridized carbons (Fsp3) is 0.904. The molecular weight excluding hydrogens is 833 g/mol. The van der Waals surface area contributed by atoms with E-state index in [4.69, 9.17) is 28.4 Å².